The first-order chi connectivity index (χ1) is 9.29. The summed E-state index contributed by atoms with van der Waals surface area (Å²) in [5.41, 5.74) is 4.73. The van der Waals surface area contributed by atoms with Crippen molar-refractivity contribution < 1.29 is 22.4 Å². The van der Waals surface area contributed by atoms with Gasteiger partial charge in [0.25, 0.3) is 5.91 Å². The lowest BCUT2D eigenvalue weighted by atomic mass is 10.1. The van der Waals surface area contributed by atoms with E-state index in [2.05, 4.69) is 0 Å². The zero-order chi connectivity index (χ0) is 14.9. The first-order valence-corrected chi connectivity index (χ1v) is 5.89. The van der Waals surface area contributed by atoms with Gasteiger partial charge in [0.05, 0.1) is 5.69 Å². The SMILES string of the molecule is Nc1cc(C(=O)N2CC=C(C(F)(F)F)CC2)ccc1F. The molecule has 2 rings (SSSR count). The minimum Gasteiger partial charge on any atom is -0.396 e. The normalized spacial score (nSPS) is 16.0. The van der Waals surface area contributed by atoms with Crippen LogP contribution >= 0.6 is 0 Å². The van der Waals surface area contributed by atoms with Crippen LogP contribution in [0.25, 0.3) is 0 Å². The molecule has 0 fully saturated rings. The molecule has 0 atom stereocenters. The number of carbonyl (C=O) groups is 1. The quantitative estimate of drug-likeness (QED) is 0.490. The zero-order valence-corrected chi connectivity index (χ0v) is 10.4. The molecule has 1 amide bonds. The van der Waals surface area contributed by atoms with Gasteiger partial charge in [-0.25, -0.2) is 4.39 Å². The number of nitrogens with two attached hydrogens (primary N) is 1. The highest BCUT2D eigenvalue weighted by Gasteiger charge is 2.35. The standard InChI is InChI=1S/C13H12F4N2O/c14-10-2-1-8(7-11(10)18)12(20)19-5-3-9(4-6-19)13(15,16)17/h1-3,7H,4-6,18H2. The van der Waals surface area contributed by atoms with Crippen LogP contribution in [0.4, 0.5) is 23.2 Å². The highest BCUT2D eigenvalue weighted by atomic mass is 19.4. The molecule has 7 heteroatoms. The maximum Gasteiger partial charge on any atom is 0.412 e. The molecule has 108 valence electrons. The molecule has 1 aromatic carbocycles. The monoisotopic (exact) mass is 288 g/mol. The maximum absolute atomic E-state index is 13.0. The molecule has 0 bridgehead atoms. The maximum atomic E-state index is 13.0. The number of anilines is 1. The molecule has 0 aromatic heterocycles. The van der Waals surface area contributed by atoms with Crippen molar-refractivity contribution >= 4 is 11.6 Å². The molecule has 0 radical (unpaired) electrons. The van der Waals surface area contributed by atoms with Gasteiger partial charge in [0.1, 0.15) is 5.82 Å². The van der Waals surface area contributed by atoms with Gasteiger partial charge in [0.15, 0.2) is 0 Å². The van der Waals surface area contributed by atoms with Crippen LogP contribution in [0.1, 0.15) is 16.8 Å². The van der Waals surface area contributed by atoms with Gasteiger partial charge in [-0.05, 0) is 24.6 Å². The number of rotatable bonds is 1. The summed E-state index contributed by atoms with van der Waals surface area (Å²) in [5, 5.41) is 0. The Labute approximate surface area is 112 Å². The van der Waals surface area contributed by atoms with Gasteiger partial charge in [-0.3, -0.25) is 4.79 Å². The van der Waals surface area contributed by atoms with Crippen molar-refractivity contribution in [1.82, 2.24) is 4.90 Å². The third-order valence-corrected chi connectivity index (χ3v) is 3.10. The molecule has 3 nitrogen and oxygen atoms in total. The van der Waals surface area contributed by atoms with Crippen LogP contribution in [0.3, 0.4) is 0 Å². The largest absolute Gasteiger partial charge is 0.412 e. The third-order valence-electron chi connectivity index (χ3n) is 3.10. The van der Waals surface area contributed by atoms with Crippen LogP contribution in [0, 0.1) is 5.82 Å². The van der Waals surface area contributed by atoms with Crippen LogP contribution < -0.4 is 5.73 Å². The fourth-order valence-electron chi connectivity index (χ4n) is 1.97. The first-order valence-electron chi connectivity index (χ1n) is 5.89. The Hall–Kier alpha value is -2.05. The summed E-state index contributed by atoms with van der Waals surface area (Å²) >= 11 is 0. The topological polar surface area (TPSA) is 46.3 Å². The predicted octanol–water partition coefficient (Wildman–Crippen LogP) is 2.74. The summed E-state index contributed by atoms with van der Waals surface area (Å²) in [6.45, 7) is -0.146. The fourth-order valence-corrected chi connectivity index (χ4v) is 1.97. The number of benzene rings is 1. The van der Waals surface area contributed by atoms with Crippen molar-refractivity contribution in [2.45, 2.75) is 12.6 Å². The zero-order valence-electron chi connectivity index (χ0n) is 10.4. The van der Waals surface area contributed by atoms with Crippen LogP contribution in [0.2, 0.25) is 0 Å². The number of nitrogen functional groups attached to an aromatic ring is 1. The van der Waals surface area contributed by atoms with E-state index < -0.39 is 23.5 Å². The van der Waals surface area contributed by atoms with E-state index in [0.717, 1.165) is 12.1 Å². The van der Waals surface area contributed by atoms with E-state index in [1.165, 1.54) is 17.0 Å². The van der Waals surface area contributed by atoms with Crippen molar-refractivity contribution in [2.75, 3.05) is 18.8 Å². The third kappa shape index (κ3) is 2.92. The lowest BCUT2D eigenvalue weighted by Gasteiger charge is -2.27. The Morgan fingerprint density at radius 3 is 2.50 bits per heavy atom. The highest BCUT2D eigenvalue weighted by molar-refractivity contribution is 5.95. The Morgan fingerprint density at radius 1 is 1.30 bits per heavy atom. The number of amides is 1. The van der Waals surface area contributed by atoms with Gasteiger partial charge < -0.3 is 10.6 Å². The molecule has 1 aliphatic rings. The number of carbonyl (C=O) groups excluding carboxylic acids is 1. The van der Waals surface area contributed by atoms with Crippen molar-refractivity contribution in [2.24, 2.45) is 0 Å². The second-order valence-corrected chi connectivity index (χ2v) is 4.46. The fraction of sp³-hybridized carbons (Fsp3) is 0.308. The molecule has 0 aliphatic carbocycles. The molecular formula is C13H12F4N2O. The van der Waals surface area contributed by atoms with Gasteiger partial charge in [0, 0.05) is 24.2 Å². The minimum absolute atomic E-state index is 0.0263. The molecule has 0 unspecified atom stereocenters. The van der Waals surface area contributed by atoms with Crippen molar-refractivity contribution in [3.8, 4) is 0 Å². The van der Waals surface area contributed by atoms with Gasteiger partial charge in [-0.2, -0.15) is 13.2 Å². The van der Waals surface area contributed by atoms with Crippen LogP contribution in [-0.2, 0) is 0 Å². The van der Waals surface area contributed by atoms with Crippen LogP contribution in [0.15, 0.2) is 29.8 Å². The van der Waals surface area contributed by atoms with Gasteiger partial charge in [-0.1, -0.05) is 6.08 Å². The molecular weight excluding hydrogens is 276 g/mol. The van der Waals surface area contributed by atoms with E-state index in [0.29, 0.717) is 0 Å². The molecule has 0 spiro atoms. The molecule has 1 aliphatic heterocycles. The summed E-state index contributed by atoms with van der Waals surface area (Å²) < 4.78 is 50.4. The van der Waals surface area contributed by atoms with Crippen LogP contribution in [-0.4, -0.2) is 30.1 Å². The Morgan fingerprint density at radius 2 is 2.00 bits per heavy atom. The number of hydrogen-bond acceptors (Lipinski definition) is 2. The molecule has 1 aromatic rings. The van der Waals surface area contributed by atoms with E-state index in [4.69, 9.17) is 5.73 Å². The number of nitrogens with zero attached hydrogens (tertiary/aromatic N) is 1. The molecule has 2 N–H and O–H groups in total. The smallest absolute Gasteiger partial charge is 0.396 e. The van der Waals surface area contributed by atoms with E-state index in [1.807, 2.05) is 0 Å². The number of alkyl halides is 3. The molecule has 20 heavy (non-hydrogen) atoms. The summed E-state index contributed by atoms with van der Waals surface area (Å²) in [6.07, 6.45) is -3.60. The average Bonchev–Trinajstić information content (AvgIpc) is 2.40. The van der Waals surface area contributed by atoms with Crippen molar-refractivity contribution in [1.29, 1.82) is 0 Å². The number of halogens is 4. The van der Waals surface area contributed by atoms with Gasteiger partial charge >= 0.3 is 6.18 Å². The molecule has 0 saturated heterocycles. The van der Waals surface area contributed by atoms with Crippen molar-refractivity contribution in [3.63, 3.8) is 0 Å². The first kappa shape index (κ1) is 14.4. The van der Waals surface area contributed by atoms with E-state index in [-0.39, 0.29) is 30.8 Å². The Balaban J connectivity index is 2.12. The van der Waals surface area contributed by atoms with Crippen molar-refractivity contribution in [3.05, 3.63) is 41.2 Å². The van der Waals surface area contributed by atoms with E-state index in [1.54, 1.807) is 0 Å². The lowest BCUT2D eigenvalue weighted by Crippen LogP contribution is -2.36. The average molecular weight is 288 g/mol. The minimum atomic E-state index is -4.35. The van der Waals surface area contributed by atoms with E-state index >= 15 is 0 Å². The number of hydrogen-bond donors (Lipinski definition) is 1. The second-order valence-electron chi connectivity index (χ2n) is 4.46. The highest BCUT2D eigenvalue weighted by Crippen LogP contribution is 2.30. The summed E-state index contributed by atoms with van der Waals surface area (Å²) in [7, 11) is 0. The molecule has 0 saturated carbocycles. The molecule has 1 heterocycles. The Bertz CT molecular complexity index is 566. The van der Waals surface area contributed by atoms with Crippen LogP contribution in [0.5, 0.6) is 0 Å². The predicted molar refractivity (Wildman–Crippen MR) is 65.5 cm³/mol. The summed E-state index contributed by atoms with van der Waals surface area (Å²) in [5.74, 6) is -1.10. The van der Waals surface area contributed by atoms with E-state index in [9.17, 15) is 22.4 Å². The summed E-state index contributed by atoms with van der Waals surface area (Å²) in [6, 6.07) is 3.50. The van der Waals surface area contributed by atoms with Gasteiger partial charge in [0.2, 0.25) is 0 Å². The summed E-state index contributed by atoms with van der Waals surface area (Å²) in [4.78, 5) is 13.3. The Kier molecular flexibility index (Phi) is 3.69. The lowest BCUT2D eigenvalue weighted by molar-refractivity contribution is -0.0957. The van der Waals surface area contributed by atoms with Gasteiger partial charge in [-0.15, -0.1) is 0 Å². The second kappa shape index (κ2) is 5.15.